The van der Waals surface area contributed by atoms with Gasteiger partial charge in [0.2, 0.25) is 5.91 Å². The van der Waals surface area contributed by atoms with Crippen molar-refractivity contribution in [1.29, 1.82) is 0 Å². The van der Waals surface area contributed by atoms with Crippen LogP contribution in [0.2, 0.25) is 0 Å². The van der Waals surface area contributed by atoms with Gasteiger partial charge in [0.1, 0.15) is 30.3 Å². The number of rotatable bonds is 4. The van der Waals surface area contributed by atoms with Crippen LogP contribution in [-0.2, 0) is 14.3 Å². The fourth-order valence-electron chi connectivity index (χ4n) is 5.35. The third-order valence-electron chi connectivity index (χ3n) is 7.40. The summed E-state index contributed by atoms with van der Waals surface area (Å²) in [7, 11) is 0. The zero-order valence-electron chi connectivity index (χ0n) is 18.7. The second-order valence-electron chi connectivity index (χ2n) is 10.2. The number of fused-ring (bicyclic) bond motifs is 2. The number of ether oxygens (including phenoxy) is 1. The van der Waals surface area contributed by atoms with Crippen LogP contribution in [0.15, 0.2) is 18.2 Å². The van der Waals surface area contributed by atoms with E-state index in [-0.39, 0.29) is 42.1 Å². The van der Waals surface area contributed by atoms with Crippen molar-refractivity contribution in [2.24, 2.45) is 11.3 Å². The molecule has 33 heavy (non-hydrogen) atoms. The second-order valence-corrected chi connectivity index (χ2v) is 10.8. The van der Waals surface area contributed by atoms with Crippen molar-refractivity contribution in [3.63, 3.8) is 0 Å². The smallest absolute Gasteiger partial charge is 0.252 e. The van der Waals surface area contributed by atoms with Crippen LogP contribution >= 0.6 is 11.6 Å². The predicted octanol–water partition coefficient (Wildman–Crippen LogP) is 2.06. The Morgan fingerprint density at radius 2 is 2.06 bits per heavy atom. The monoisotopic (exact) mass is 473 g/mol. The standard InChI is InChI=1S/C23H28ClN5O4/c1-23(2)7-5-12(6-8-23)18(22(32)29-10-14(24)20-19(29)17(30)11-33-20)25-21(31)13-3-4-15-16(9-13)27-28-26-15/h3-4,9,12,14,18-20H,5-8,10-11H2,1-2H3,(H,25,31)(H,26,27,28)/t14-,18-,19+,20+/m0/s1. The summed E-state index contributed by atoms with van der Waals surface area (Å²) in [5.74, 6) is -0.753. The minimum atomic E-state index is -0.736. The zero-order valence-corrected chi connectivity index (χ0v) is 19.5. The molecule has 3 fully saturated rings. The normalized spacial score (nSPS) is 28.2. The molecule has 0 bridgehead atoms. The number of aromatic nitrogens is 3. The van der Waals surface area contributed by atoms with E-state index >= 15 is 0 Å². The Balaban J connectivity index is 1.41. The van der Waals surface area contributed by atoms with Crippen LogP contribution in [0.4, 0.5) is 0 Å². The van der Waals surface area contributed by atoms with Crippen molar-refractivity contribution in [2.45, 2.75) is 63.1 Å². The molecule has 10 heteroatoms. The average Bonchev–Trinajstić information content (AvgIpc) is 3.49. The number of carbonyl (C=O) groups is 3. The van der Waals surface area contributed by atoms with Gasteiger partial charge in [0.25, 0.3) is 5.91 Å². The quantitative estimate of drug-likeness (QED) is 0.656. The van der Waals surface area contributed by atoms with Crippen molar-refractivity contribution in [3.8, 4) is 0 Å². The van der Waals surface area contributed by atoms with Gasteiger partial charge in [-0.25, -0.2) is 0 Å². The van der Waals surface area contributed by atoms with Crippen molar-refractivity contribution in [1.82, 2.24) is 25.6 Å². The number of carbonyl (C=O) groups excluding carboxylic acids is 3. The predicted molar refractivity (Wildman–Crippen MR) is 121 cm³/mol. The van der Waals surface area contributed by atoms with E-state index in [0.717, 1.165) is 25.7 Å². The van der Waals surface area contributed by atoms with Crippen molar-refractivity contribution in [3.05, 3.63) is 23.8 Å². The van der Waals surface area contributed by atoms with Crippen LogP contribution in [0, 0.1) is 11.3 Å². The summed E-state index contributed by atoms with van der Waals surface area (Å²) in [5, 5.41) is 13.0. The van der Waals surface area contributed by atoms with E-state index in [2.05, 4.69) is 34.6 Å². The van der Waals surface area contributed by atoms with Gasteiger partial charge in [-0.3, -0.25) is 19.5 Å². The summed E-state index contributed by atoms with van der Waals surface area (Å²) in [4.78, 5) is 41.0. The lowest BCUT2D eigenvalue weighted by molar-refractivity contribution is -0.139. The lowest BCUT2D eigenvalue weighted by Crippen LogP contribution is -2.55. The van der Waals surface area contributed by atoms with Gasteiger partial charge in [0.15, 0.2) is 5.78 Å². The van der Waals surface area contributed by atoms with Gasteiger partial charge in [-0.1, -0.05) is 19.1 Å². The number of nitrogens with one attached hydrogen (secondary N) is 2. The van der Waals surface area contributed by atoms with Gasteiger partial charge >= 0.3 is 0 Å². The molecule has 1 aromatic carbocycles. The SMILES string of the molecule is CC1(C)CCC([C@H](NC(=O)c2ccc3nn[nH]c3c2)C(=O)N2C[C@H](Cl)[C@H]3OCC(=O)[C@H]32)CC1. The molecule has 176 valence electrons. The van der Waals surface area contributed by atoms with Gasteiger partial charge in [0, 0.05) is 12.1 Å². The highest BCUT2D eigenvalue weighted by molar-refractivity contribution is 6.22. The molecule has 2 N–H and O–H groups in total. The van der Waals surface area contributed by atoms with E-state index < -0.39 is 23.6 Å². The van der Waals surface area contributed by atoms with E-state index in [9.17, 15) is 14.4 Å². The van der Waals surface area contributed by atoms with Crippen molar-refractivity contribution >= 4 is 40.2 Å². The molecule has 2 aliphatic heterocycles. The maximum absolute atomic E-state index is 13.8. The number of ketones is 1. The Bertz CT molecular complexity index is 1090. The van der Waals surface area contributed by atoms with Gasteiger partial charge in [-0.15, -0.1) is 16.7 Å². The Morgan fingerprint density at radius 1 is 1.30 bits per heavy atom. The highest BCUT2D eigenvalue weighted by atomic mass is 35.5. The first-order valence-corrected chi connectivity index (χ1v) is 11.9. The van der Waals surface area contributed by atoms with E-state index in [1.807, 2.05) is 0 Å². The average molecular weight is 474 g/mol. The van der Waals surface area contributed by atoms with Crippen LogP contribution < -0.4 is 5.32 Å². The molecule has 0 unspecified atom stereocenters. The number of nitrogens with zero attached hydrogens (tertiary/aromatic N) is 3. The van der Waals surface area contributed by atoms with Crippen LogP contribution in [0.25, 0.3) is 11.0 Å². The van der Waals surface area contributed by atoms with Crippen molar-refractivity contribution < 1.29 is 19.1 Å². The molecule has 0 radical (unpaired) electrons. The highest BCUT2D eigenvalue weighted by Crippen LogP contribution is 2.40. The molecule has 5 rings (SSSR count). The molecule has 3 aliphatic rings. The summed E-state index contributed by atoms with van der Waals surface area (Å²) in [5.41, 5.74) is 1.93. The number of halogens is 1. The number of likely N-dealkylation sites (tertiary alicyclic amines) is 1. The Labute approximate surface area is 196 Å². The van der Waals surface area contributed by atoms with Crippen molar-refractivity contribution in [2.75, 3.05) is 13.2 Å². The topological polar surface area (TPSA) is 117 Å². The molecule has 3 heterocycles. The summed E-state index contributed by atoms with van der Waals surface area (Å²) in [6.07, 6.45) is 3.10. The number of hydrogen-bond acceptors (Lipinski definition) is 6. The summed E-state index contributed by atoms with van der Waals surface area (Å²) in [6.45, 7) is 4.65. The zero-order chi connectivity index (χ0) is 23.3. The maximum Gasteiger partial charge on any atom is 0.252 e. The molecule has 2 aromatic rings. The molecule has 4 atom stereocenters. The minimum Gasteiger partial charge on any atom is -0.366 e. The second kappa shape index (κ2) is 8.36. The minimum absolute atomic E-state index is 0.0164. The number of alkyl halides is 1. The molecule has 2 saturated heterocycles. The Kier molecular flexibility index (Phi) is 5.64. The molecule has 1 aromatic heterocycles. The first-order valence-electron chi connectivity index (χ1n) is 11.4. The first-order chi connectivity index (χ1) is 15.7. The number of amides is 2. The van der Waals surface area contributed by atoms with Crippen LogP contribution in [0.3, 0.4) is 0 Å². The van der Waals surface area contributed by atoms with Gasteiger partial charge in [-0.05, 0) is 55.2 Å². The summed E-state index contributed by atoms with van der Waals surface area (Å²) < 4.78 is 5.54. The van der Waals surface area contributed by atoms with E-state index in [1.54, 1.807) is 18.2 Å². The molecule has 1 aliphatic carbocycles. The van der Waals surface area contributed by atoms with E-state index in [0.29, 0.717) is 16.6 Å². The van der Waals surface area contributed by atoms with E-state index in [4.69, 9.17) is 16.3 Å². The highest BCUT2D eigenvalue weighted by Gasteiger charge is 2.53. The summed E-state index contributed by atoms with van der Waals surface area (Å²) in [6, 6.07) is 3.64. The number of aromatic amines is 1. The van der Waals surface area contributed by atoms with Gasteiger partial charge < -0.3 is 15.0 Å². The Hall–Kier alpha value is -2.52. The van der Waals surface area contributed by atoms with Gasteiger partial charge in [0.05, 0.1) is 10.9 Å². The lowest BCUT2D eigenvalue weighted by atomic mass is 9.71. The summed E-state index contributed by atoms with van der Waals surface area (Å²) >= 11 is 6.42. The van der Waals surface area contributed by atoms with Crippen LogP contribution in [0.1, 0.15) is 49.9 Å². The fraction of sp³-hybridized carbons (Fsp3) is 0.609. The first kappa shape index (κ1) is 22.3. The van der Waals surface area contributed by atoms with Crippen LogP contribution in [-0.4, -0.2) is 74.6 Å². The maximum atomic E-state index is 13.8. The number of benzene rings is 1. The van der Waals surface area contributed by atoms with Crippen LogP contribution in [0.5, 0.6) is 0 Å². The fourth-order valence-corrected chi connectivity index (χ4v) is 5.71. The molecule has 9 nitrogen and oxygen atoms in total. The number of hydrogen-bond donors (Lipinski definition) is 2. The largest absolute Gasteiger partial charge is 0.366 e. The third-order valence-corrected chi connectivity index (χ3v) is 7.79. The molecular weight excluding hydrogens is 446 g/mol. The molecule has 1 saturated carbocycles. The molecule has 0 spiro atoms. The number of H-pyrrole nitrogens is 1. The molecular formula is C23H28ClN5O4. The Morgan fingerprint density at radius 3 is 2.82 bits per heavy atom. The number of Topliss-reactive ketones (excluding diaryl/α,β-unsaturated/α-hetero) is 1. The lowest BCUT2D eigenvalue weighted by Gasteiger charge is -2.39. The molecule has 2 amide bonds. The van der Waals surface area contributed by atoms with Gasteiger partial charge in [-0.2, -0.15) is 0 Å². The van der Waals surface area contributed by atoms with E-state index in [1.165, 1.54) is 4.90 Å². The third kappa shape index (κ3) is 4.12.